The predicted octanol–water partition coefficient (Wildman–Crippen LogP) is 2.18. The molecule has 0 saturated carbocycles. The van der Waals surface area contributed by atoms with Gasteiger partial charge in [0.25, 0.3) is 0 Å². The van der Waals surface area contributed by atoms with E-state index < -0.39 is 0 Å². The van der Waals surface area contributed by atoms with Gasteiger partial charge >= 0.3 is 0 Å². The van der Waals surface area contributed by atoms with Crippen molar-refractivity contribution in [3.8, 4) is 5.75 Å². The molecular weight excluding hydrogens is 238 g/mol. The molecule has 0 radical (unpaired) electrons. The van der Waals surface area contributed by atoms with Crippen molar-refractivity contribution in [1.29, 1.82) is 0 Å². The zero-order valence-electron chi connectivity index (χ0n) is 11.6. The van der Waals surface area contributed by atoms with E-state index in [0.717, 1.165) is 31.2 Å². The highest BCUT2D eigenvalue weighted by atomic mass is 16.5. The van der Waals surface area contributed by atoms with Crippen molar-refractivity contribution in [1.82, 2.24) is 10.2 Å². The molecular formula is C15H21N3O. The number of nitrogens with zero attached hydrogens (tertiary/aromatic N) is 2. The number of fused-ring (bicyclic) bond motifs is 1. The third-order valence-electron chi connectivity index (χ3n) is 3.74. The summed E-state index contributed by atoms with van der Waals surface area (Å²) < 4.78 is 5.78. The standard InChI is InChI=1S/C15H21N3O/c1-3-19-14-7-5-4-6-12(14)13-8-9-16-15-17-11(2)10-18(13)15/h4-7,11,13H,3,8-10H2,1-2H3,(H,16,17). The molecule has 102 valence electrons. The molecule has 2 heterocycles. The van der Waals surface area contributed by atoms with Crippen LogP contribution in [0.15, 0.2) is 29.3 Å². The fraction of sp³-hybridized carbons (Fsp3) is 0.533. The third kappa shape index (κ3) is 2.27. The second-order valence-electron chi connectivity index (χ2n) is 5.18. The lowest BCUT2D eigenvalue weighted by Crippen LogP contribution is -2.37. The van der Waals surface area contributed by atoms with Crippen molar-refractivity contribution in [2.45, 2.75) is 32.4 Å². The molecule has 2 unspecified atom stereocenters. The van der Waals surface area contributed by atoms with E-state index in [1.54, 1.807) is 0 Å². The summed E-state index contributed by atoms with van der Waals surface area (Å²) in [7, 11) is 0. The van der Waals surface area contributed by atoms with Crippen LogP contribution >= 0.6 is 0 Å². The first-order chi connectivity index (χ1) is 9.29. The summed E-state index contributed by atoms with van der Waals surface area (Å²) in [6, 6.07) is 9.23. The van der Waals surface area contributed by atoms with E-state index >= 15 is 0 Å². The molecule has 2 atom stereocenters. The minimum Gasteiger partial charge on any atom is -0.494 e. The molecule has 1 aromatic rings. The highest BCUT2D eigenvalue weighted by Crippen LogP contribution is 2.35. The number of para-hydroxylation sites is 1. The molecule has 1 saturated heterocycles. The van der Waals surface area contributed by atoms with Gasteiger partial charge in [0, 0.05) is 24.7 Å². The van der Waals surface area contributed by atoms with E-state index in [9.17, 15) is 0 Å². The number of hydrogen-bond acceptors (Lipinski definition) is 4. The molecule has 4 nitrogen and oxygen atoms in total. The molecule has 0 bridgehead atoms. The molecule has 1 fully saturated rings. The summed E-state index contributed by atoms with van der Waals surface area (Å²) in [5.74, 6) is 2.06. The molecule has 3 rings (SSSR count). The molecule has 2 aliphatic heterocycles. The van der Waals surface area contributed by atoms with Gasteiger partial charge in [0.05, 0.1) is 12.6 Å². The Labute approximate surface area is 114 Å². The van der Waals surface area contributed by atoms with Crippen molar-refractivity contribution in [2.24, 2.45) is 4.99 Å². The van der Waals surface area contributed by atoms with E-state index in [4.69, 9.17) is 4.74 Å². The van der Waals surface area contributed by atoms with Crippen LogP contribution in [0.2, 0.25) is 0 Å². The highest BCUT2D eigenvalue weighted by Gasteiger charge is 2.34. The number of nitrogens with one attached hydrogen (secondary N) is 1. The molecule has 19 heavy (non-hydrogen) atoms. The third-order valence-corrected chi connectivity index (χ3v) is 3.74. The van der Waals surface area contributed by atoms with Gasteiger partial charge in [-0.3, -0.25) is 4.99 Å². The number of ether oxygens (including phenoxy) is 1. The van der Waals surface area contributed by atoms with E-state index in [1.807, 2.05) is 13.0 Å². The smallest absolute Gasteiger partial charge is 0.194 e. The summed E-state index contributed by atoms with van der Waals surface area (Å²) >= 11 is 0. The Kier molecular flexibility index (Phi) is 3.32. The number of benzene rings is 1. The molecule has 0 aliphatic carbocycles. The lowest BCUT2D eigenvalue weighted by Gasteiger charge is -2.33. The lowest BCUT2D eigenvalue weighted by atomic mass is 10.00. The minimum absolute atomic E-state index is 0.382. The monoisotopic (exact) mass is 259 g/mol. The largest absolute Gasteiger partial charge is 0.494 e. The van der Waals surface area contributed by atoms with Gasteiger partial charge in [-0.2, -0.15) is 0 Å². The Bertz CT molecular complexity index is 486. The zero-order chi connectivity index (χ0) is 13.2. The number of rotatable bonds is 3. The maximum absolute atomic E-state index is 5.78. The van der Waals surface area contributed by atoms with Crippen molar-refractivity contribution >= 4 is 5.96 Å². The van der Waals surface area contributed by atoms with Crippen LogP contribution in [-0.4, -0.2) is 36.6 Å². The molecule has 0 spiro atoms. The van der Waals surface area contributed by atoms with Crippen molar-refractivity contribution in [3.05, 3.63) is 29.8 Å². The van der Waals surface area contributed by atoms with Crippen molar-refractivity contribution < 1.29 is 4.74 Å². The van der Waals surface area contributed by atoms with Crippen LogP contribution in [0.4, 0.5) is 0 Å². The Morgan fingerprint density at radius 1 is 1.42 bits per heavy atom. The maximum Gasteiger partial charge on any atom is 0.194 e. The van der Waals surface area contributed by atoms with Gasteiger partial charge in [-0.25, -0.2) is 0 Å². The lowest BCUT2D eigenvalue weighted by molar-refractivity contribution is 0.283. The first-order valence-electron chi connectivity index (χ1n) is 7.09. The molecule has 1 aromatic carbocycles. The summed E-state index contributed by atoms with van der Waals surface area (Å²) in [6.45, 7) is 6.84. The van der Waals surface area contributed by atoms with Crippen LogP contribution in [0.5, 0.6) is 5.75 Å². The van der Waals surface area contributed by atoms with E-state index in [-0.39, 0.29) is 0 Å². The fourth-order valence-corrected chi connectivity index (χ4v) is 2.96. The first kappa shape index (κ1) is 12.3. The first-order valence-corrected chi connectivity index (χ1v) is 7.09. The molecule has 0 aromatic heterocycles. The van der Waals surface area contributed by atoms with E-state index in [2.05, 4.69) is 40.3 Å². The summed E-state index contributed by atoms with van der Waals surface area (Å²) in [6.07, 6.45) is 1.06. The maximum atomic E-state index is 5.78. The number of hydrogen-bond donors (Lipinski definition) is 1. The zero-order valence-corrected chi connectivity index (χ0v) is 11.6. The molecule has 2 aliphatic rings. The Morgan fingerprint density at radius 2 is 2.26 bits per heavy atom. The topological polar surface area (TPSA) is 36.9 Å². The number of aliphatic imine (C=N–C) groups is 1. The van der Waals surface area contributed by atoms with Gasteiger partial charge < -0.3 is 15.0 Å². The van der Waals surface area contributed by atoms with Gasteiger partial charge in [0.1, 0.15) is 5.75 Å². The average Bonchev–Trinajstić information content (AvgIpc) is 2.80. The summed E-state index contributed by atoms with van der Waals surface area (Å²) in [5.41, 5.74) is 1.28. The van der Waals surface area contributed by atoms with Crippen LogP contribution in [-0.2, 0) is 0 Å². The molecule has 4 heteroatoms. The SMILES string of the molecule is CCOc1ccccc1C1CCN=C2NC(C)CN21. The van der Waals surface area contributed by atoms with Crippen LogP contribution in [0.1, 0.15) is 31.9 Å². The Morgan fingerprint density at radius 3 is 3.11 bits per heavy atom. The minimum atomic E-state index is 0.382. The molecule has 1 N–H and O–H groups in total. The quantitative estimate of drug-likeness (QED) is 0.904. The van der Waals surface area contributed by atoms with Crippen LogP contribution in [0.3, 0.4) is 0 Å². The average molecular weight is 259 g/mol. The summed E-state index contributed by atoms with van der Waals surface area (Å²) in [5, 5.41) is 3.44. The van der Waals surface area contributed by atoms with Gasteiger partial charge in [-0.15, -0.1) is 0 Å². The predicted molar refractivity (Wildman–Crippen MR) is 76.6 cm³/mol. The Balaban J connectivity index is 1.92. The van der Waals surface area contributed by atoms with Gasteiger partial charge in [-0.1, -0.05) is 18.2 Å². The second kappa shape index (κ2) is 5.11. The van der Waals surface area contributed by atoms with E-state index in [1.165, 1.54) is 5.56 Å². The van der Waals surface area contributed by atoms with Crippen LogP contribution in [0.25, 0.3) is 0 Å². The Hall–Kier alpha value is -1.71. The van der Waals surface area contributed by atoms with Gasteiger partial charge in [0.2, 0.25) is 0 Å². The van der Waals surface area contributed by atoms with E-state index in [0.29, 0.717) is 18.7 Å². The van der Waals surface area contributed by atoms with Crippen LogP contribution < -0.4 is 10.1 Å². The van der Waals surface area contributed by atoms with Gasteiger partial charge in [-0.05, 0) is 26.3 Å². The summed E-state index contributed by atoms with van der Waals surface area (Å²) in [4.78, 5) is 6.96. The van der Waals surface area contributed by atoms with Crippen LogP contribution in [0, 0.1) is 0 Å². The normalized spacial score (nSPS) is 25.6. The highest BCUT2D eigenvalue weighted by molar-refractivity contribution is 5.83. The molecule has 0 amide bonds. The van der Waals surface area contributed by atoms with Crippen molar-refractivity contribution in [3.63, 3.8) is 0 Å². The van der Waals surface area contributed by atoms with Crippen molar-refractivity contribution in [2.75, 3.05) is 19.7 Å². The number of guanidine groups is 1. The second-order valence-corrected chi connectivity index (χ2v) is 5.18. The van der Waals surface area contributed by atoms with Gasteiger partial charge in [0.15, 0.2) is 5.96 Å². The fourth-order valence-electron chi connectivity index (χ4n) is 2.96.